The molecular formula is C13H24N4O3S. The highest BCUT2D eigenvalue weighted by Crippen LogP contribution is 2.26. The van der Waals surface area contributed by atoms with E-state index in [4.69, 9.17) is 22.6 Å². The monoisotopic (exact) mass is 329 g/mol. The minimum absolute atomic E-state index is 0.108. The van der Waals surface area contributed by atoms with Crippen LogP contribution in [-0.4, -0.2) is 64.6 Å². The number of β-amino-alcohol motifs (C(OH)–C–C–N with tert-alkyl or cyclic N) is 1. The number of hydrogen-bond donors (Lipinski definition) is 2. The normalized spacial score (nSPS) is 39.4. The molecule has 2 rings (SSSR count). The highest BCUT2D eigenvalue weighted by molar-refractivity contribution is 6.99. The molecule has 0 saturated carbocycles. The molecule has 0 unspecified atom stereocenters. The van der Waals surface area contributed by atoms with Gasteiger partial charge in [-0.05, 0) is 20.8 Å². The van der Waals surface area contributed by atoms with E-state index in [1.165, 1.54) is 20.8 Å². The molecule has 0 bridgehead atoms. The Hall–Kier alpha value is -0.960. The average Bonchev–Trinajstić information content (AvgIpc) is 2.96. The van der Waals surface area contributed by atoms with E-state index in [2.05, 4.69) is 18.8 Å². The molecule has 0 radical (unpaired) electrons. The van der Waals surface area contributed by atoms with Gasteiger partial charge >= 0.3 is 0 Å². The third kappa shape index (κ3) is 5.39. The number of aromatic nitrogens is 2. The molecule has 8 heteroatoms. The molecule has 0 aromatic carbocycles. The second-order valence-corrected chi connectivity index (χ2v) is 5.34. The molecule has 2 heterocycles. The molecule has 1 aliphatic heterocycles. The van der Waals surface area contributed by atoms with Crippen molar-refractivity contribution in [2.45, 2.75) is 32.4 Å². The van der Waals surface area contributed by atoms with Crippen LogP contribution in [0.2, 0.25) is 0 Å². The summed E-state index contributed by atoms with van der Waals surface area (Å²) in [5.74, 6) is -2.05. The average molecular weight is 330 g/mol. The predicted octanol–water partition coefficient (Wildman–Crippen LogP) is 0.502. The Labute approximate surface area is 147 Å². The van der Waals surface area contributed by atoms with Gasteiger partial charge in [-0.3, -0.25) is 0 Å². The molecule has 2 N–H and O–H groups in total. The first-order valence-corrected chi connectivity index (χ1v) is 6.50. The van der Waals surface area contributed by atoms with Crippen LogP contribution in [0.4, 0.5) is 5.82 Å². The molecule has 21 heavy (non-hydrogen) atoms. The Morgan fingerprint density at radius 2 is 2.29 bits per heavy atom. The van der Waals surface area contributed by atoms with Crippen LogP contribution in [0.3, 0.4) is 0 Å². The zero-order chi connectivity index (χ0) is 27.0. The number of hydrogen-bond acceptors (Lipinski definition) is 8. The van der Waals surface area contributed by atoms with Crippen LogP contribution in [0.25, 0.3) is 0 Å². The van der Waals surface area contributed by atoms with Gasteiger partial charge < -0.3 is 24.8 Å². The number of aliphatic hydroxyl groups is 1. The van der Waals surface area contributed by atoms with E-state index in [1.807, 2.05) is 0 Å². The molecule has 7 nitrogen and oxygen atoms in total. The number of nitrogens with zero attached hydrogens (tertiary/aromatic N) is 3. The fourth-order valence-electron chi connectivity index (χ4n) is 1.04. The van der Waals surface area contributed by atoms with Gasteiger partial charge in [-0.1, -0.05) is 0 Å². The van der Waals surface area contributed by atoms with Gasteiger partial charge in [-0.2, -0.15) is 4.37 Å². The first-order valence-electron chi connectivity index (χ1n) is 12.3. The third-order valence-electron chi connectivity index (χ3n) is 1.87. The van der Waals surface area contributed by atoms with Gasteiger partial charge in [0.15, 0.2) is 0 Å². The second kappa shape index (κ2) is 7.35. The first kappa shape index (κ1) is 6.27. The summed E-state index contributed by atoms with van der Waals surface area (Å²) < 4.78 is 120. The molecule has 0 amide bonds. The minimum atomic E-state index is -3.67. The Kier molecular flexibility index (Phi) is 2.19. The van der Waals surface area contributed by atoms with Crippen molar-refractivity contribution < 1.29 is 32.4 Å². The maximum atomic E-state index is 10.5. The van der Waals surface area contributed by atoms with Crippen molar-refractivity contribution in [1.82, 2.24) is 14.1 Å². The van der Waals surface area contributed by atoms with Crippen molar-refractivity contribution in [1.29, 1.82) is 0 Å². The number of nitrogens with one attached hydrogen (secondary N) is 1. The van der Waals surface area contributed by atoms with E-state index in [9.17, 15) is 5.11 Å². The Bertz CT molecular complexity index is 892. The topological polar surface area (TPSA) is 79.7 Å². The fourth-order valence-corrected chi connectivity index (χ4v) is 1.51. The molecule has 0 aliphatic carbocycles. The third-order valence-corrected chi connectivity index (χ3v) is 2.37. The van der Waals surface area contributed by atoms with Gasteiger partial charge in [0.1, 0.15) is 12.6 Å². The SMILES string of the molecule is [2H]C1([2H])OC([2H])([2H])C([2H])([2H])N(c2nsnc2OC([2H])([2H])[C@]([2H])(O)C([2H])([2H])NC(C)(C)C)C1([2H])[2H]. The maximum Gasteiger partial charge on any atom is 0.270 e. The van der Waals surface area contributed by atoms with Crippen LogP contribution in [0.5, 0.6) is 5.88 Å². The first-order chi connectivity index (χ1) is 14.7. The summed E-state index contributed by atoms with van der Waals surface area (Å²) in [5.41, 5.74) is -1.03. The molecular weight excluding hydrogens is 292 g/mol. The molecule has 1 aromatic rings. The largest absolute Gasteiger partial charge is 0.472 e. The van der Waals surface area contributed by atoms with Crippen LogP contribution < -0.4 is 15.0 Å². The highest BCUT2D eigenvalue weighted by Gasteiger charge is 2.21. The van der Waals surface area contributed by atoms with E-state index >= 15 is 0 Å². The van der Waals surface area contributed by atoms with Crippen LogP contribution in [-0.2, 0) is 4.74 Å². The molecule has 0 spiro atoms. The van der Waals surface area contributed by atoms with Crippen molar-refractivity contribution >= 4 is 17.5 Å². The summed E-state index contributed by atoms with van der Waals surface area (Å²) >= 11 is 0.226. The highest BCUT2D eigenvalue weighted by atomic mass is 32.1. The molecule has 120 valence electrons. The van der Waals surface area contributed by atoms with Crippen molar-refractivity contribution in [2.75, 3.05) is 44.1 Å². The van der Waals surface area contributed by atoms with Crippen molar-refractivity contribution in [3.8, 4) is 5.88 Å². The molecule has 1 saturated heterocycles. The summed E-state index contributed by atoms with van der Waals surface area (Å²) in [6.45, 7) is -16.0. The Balaban J connectivity index is 2.57. The van der Waals surface area contributed by atoms with E-state index in [1.54, 1.807) is 0 Å². The molecule has 1 fully saturated rings. The molecule has 1 aromatic heterocycles. The van der Waals surface area contributed by atoms with Crippen molar-refractivity contribution in [3.05, 3.63) is 0 Å². The van der Waals surface area contributed by atoms with Gasteiger partial charge in [0.05, 0.1) is 39.9 Å². The van der Waals surface area contributed by atoms with Gasteiger partial charge in [0.2, 0.25) is 5.82 Å². The van der Waals surface area contributed by atoms with Crippen LogP contribution in [0.15, 0.2) is 0 Å². The summed E-state index contributed by atoms with van der Waals surface area (Å²) in [6.07, 6.45) is -3.67. The lowest BCUT2D eigenvalue weighted by atomic mass is 10.1. The predicted molar refractivity (Wildman–Crippen MR) is 82.2 cm³/mol. The van der Waals surface area contributed by atoms with E-state index in [-0.39, 0.29) is 16.6 Å². The van der Waals surface area contributed by atoms with Crippen molar-refractivity contribution in [2.24, 2.45) is 0 Å². The van der Waals surface area contributed by atoms with Crippen molar-refractivity contribution in [3.63, 3.8) is 0 Å². The smallest absolute Gasteiger partial charge is 0.270 e. The van der Waals surface area contributed by atoms with Gasteiger partial charge in [-0.25, -0.2) is 0 Å². The van der Waals surface area contributed by atoms with Gasteiger partial charge in [0.25, 0.3) is 5.88 Å². The number of morpholine rings is 1. The summed E-state index contributed by atoms with van der Waals surface area (Å²) in [7, 11) is 0. The van der Waals surface area contributed by atoms with Crippen LogP contribution in [0.1, 0.15) is 38.6 Å². The standard InChI is InChI=1S/C13H24N4O3S/c1-13(2,3)14-8-10(18)9-20-12-11(15-21-16-12)17-4-6-19-7-5-17/h10,14,18H,4-9H2,1-3H3/t10-/m1/s1/i4D2,5D2,6D2,7D2,8D2,9D2,10D. The fraction of sp³-hybridized carbons (Fsp3) is 0.846. The second-order valence-electron chi connectivity index (χ2n) is 4.81. The number of ether oxygens (including phenoxy) is 2. The Morgan fingerprint density at radius 3 is 2.95 bits per heavy atom. The minimum Gasteiger partial charge on any atom is -0.472 e. The number of anilines is 1. The maximum absolute atomic E-state index is 10.5. The van der Waals surface area contributed by atoms with E-state index in [0.717, 1.165) is 0 Å². The lowest BCUT2D eigenvalue weighted by Crippen LogP contribution is -2.42. The van der Waals surface area contributed by atoms with E-state index < -0.39 is 62.5 Å². The zero-order valence-electron chi connectivity index (χ0n) is 24.5. The summed E-state index contributed by atoms with van der Waals surface area (Å²) in [6, 6.07) is 0. The van der Waals surface area contributed by atoms with Gasteiger partial charge in [0, 0.05) is 27.8 Å². The number of rotatable bonds is 6. The zero-order valence-corrected chi connectivity index (χ0v) is 12.3. The summed E-state index contributed by atoms with van der Waals surface area (Å²) in [5, 5.41) is 12.7. The van der Waals surface area contributed by atoms with Gasteiger partial charge in [-0.15, -0.1) is 4.37 Å². The molecule has 1 atom stereocenters. The van der Waals surface area contributed by atoms with Crippen LogP contribution >= 0.6 is 11.7 Å². The quantitative estimate of drug-likeness (QED) is 0.787. The lowest BCUT2D eigenvalue weighted by molar-refractivity contribution is 0.0975. The Morgan fingerprint density at radius 1 is 1.57 bits per heavy atom. The molecule has 1 aliphatic rings. The van der Waals surface area contributed by atoms with Crippen LogP contribution in [0, 0.1) is 0 Å². The summed E-state index contributed by atoms with van der Waals surface area (Å²) in [4.78, 5) is -0.108. The lowest BCUT2D eigenvalue weighted by Gasteiger charge is -2.27. The van der Waals surface area contributed by atoms with E-state index in [0.29, 0.717) is 0 Å².